The van der Waals surface area contributed by atoms with E-state index in [-0.39, 0.29) is 18.1 Å². The van der Waals surface area contributed by atoms with Crippen LogP contribution in [0.25, 0.3) is 0 Å². The van der Waals surface area contributed by atoms with Crippen molar-refractivity contribution < 1.29 is 9.53 Å². The highest BCUT2D eigenvalue weighted by Crippen LogP contribution is 2.29. The molecule has 2 atom stereocenters. The molecule has 0 N–H and O–H groups in total. The van der Waals surface area contributed by atoms with Gasteiger partial charge in [0.2, 0.25) is 0 Å². The van der Waals surface area contributed by atoms with E-state index in [0.29, 0.717) is 36.0 Å². The van der Waals surface area contributed by atoms with Gasteiger partial charge >= 0.3 is 0 Å². The average molecular weight is 424 g/mol. The van der Waals surface area contributed by atoms with E-state index in [2.05, 4.69) is 36.3 Å². The largest absolute Gasteiger partial charge is 0.367 e. The molecule has 1 fully saturated rings. The van der Waals surface area contributed by atoms with E-state index in [0.717, 1.165) is 11.1 Å². The van der Waals surface area contributed by atoms with Crippen LogP contribution in [0.3, 0.4) is 0 Å². The van der Waals surface area contributed by atoms with Crippen LogP contribution in [0.4, 0.5) is 0 Å². The van der Waals surface area contributed by atoms with Gasteiger partial charge in [-0.15, -0.1) is 0 Å². The second-order valence-electron chi connectivity index (χ2n) is 7.95. The Hall–Kier alpha value is -2.63. The molecule has 2 unspecified atom stereocenters. The van der Waals surface area contributed by atoms with Crippen molar-refractivity contribution >= 4 is 17.5 Å². The lowest BCUT2D eigenvalue weighted by Crippen LogP contribution is -2.46. The average Bonchev–Trinajstić information content (AvgIpc) is 3.02. The first kappa shape index (κ1) is 20.6. The van der Waals surface area contributed by atoms with E-state index in [1.165, 1.54) is 5.56 Å². The standard InChI is InChI=1S/C24H26ClN3O2/c1-16-9-11-19(12-10-16)14-28-23(25)22(18(3)26-28)24(29)27-13-17(2)30-21(15-27)20-7-5-4-6-8-20/h4-12,17,21H,13-15H2,1-3H3. The third-order valence-corrected chi connectivity index (χ3v) is 5.84. The molecule has 156 valence electrons. The molecule has 6 heteroatoms. The van der Waals surface area contributed by atoms with Gasteiger partial charge in [0, 0.05) is 6.54 Å². The monoisotopic (exact) mass is 423 g/mol. The number of rotatable bonds is 4. The Balaban J connectivity index is 1.56. The molecule has 0 aliphatic carbocycles. The molecular formula is C24H26ClN3O2. The molecule has 3 aromatic rings. The zero-order valence-corrected chi connectivity index (χ0v) is 18.3. The van der Waals surface area contributed by atoms with Crippen LogP contribution in [-0.2, 0) is 11.3 Å². The van der Waals surface area contributed by atoms with E-state index >= 15 is 0 Å². The summed E-state index contributed by atoms with van der Waals surface area (Å²) in [5.41, 5.74) is 4.48. The molecular weight excluding hydrogens is 398 g/mol. The number of morpholine rings is 1. The summed E-state index contributed by atoms with van der Waals surface area (Å²) in [6, 6.07) is 18.2. The van der Waals surface area contributed by atoms with E-state index in [1.54, 1.807) is 4.68 Å². The number of amides is 1. The van der Waals surface area contributed by atoms with Crippen molar-refractivity contribution in [3.8, 4) is 0 Å². The fourth-order valence-electron chi connectivity index (χ4n) is 3.89. The van der Waals surface area contributed by atoms with Gasteiger partial charge in [-0.25, -0.2) is 4.68 Å². The molecule has 2 heterocycles. The number of halogens is 1. The third-order valence-electron chi connectivity index (χ3n) is 5.45. The fraction of sp³-hybridized carbons (Fsp3) is 0.333. The van der Waals surface area contributed by atoms with E-state index in [9.17, 15) is 4.79 Å². The molecule has 4 rings (SSSR count). The molecule has 1 amide bonds. The van der Waals surface area contributed by atoms with Crippen LogP contribution in [0.1, 0.15) is 45.8 Å². The number of ether oxygens (including phenoxy) is 1. The number of carbonyl (C=O) groups is 1. The summed E-state index contributed by atoms with van der Waals surface area (Å²) in [5, 5.41) is 4.93. The van der Waals surface area contributed by atoms with Gasteiger partial charge in [-0.1, -0.05) is 71.8 Å². The molecule has 0 saturated carbocycles. The van der Waals surface area contributed by atoms with E-state index < -0.39 is 0 Å². The Morgan fingerprint density at radius 3 is 2.50 bits per heavy atom. The van der Waals surface area contributed by atoms with Crippen LogP contribution in [0.5, 0.6) is 0 Å². The first-order valence-corrected chi connectivity index (χ1v) is 10.6. The van der Waals surface area contributed by atoms with Crippen molar-refractivity contribution in [2.45, 2.75) is 39.5 Å². The summed E-state index contributed by atoms with van der Waals surface area (Å²) in [7, 11) is 0. The summed E-state index contributed by atoms with van der Waals surface area (Å²) in [6.45, 7) is 7.43. The van der Waals surface area contributed by atoms with Crippen LogP contribution in [0.2, 0.25) is 5.15 Å². The van der Waals surface area contributed by atoms with Crippen molar-refractivity contribution in [1.82, 2.24) is 14.7 Å². The maximum atomic E-state index is 13.4. The molecule has 1 aromatic heterocycles. The van der Waals surface area contributed by atoms with Crippen molar-refractivity contribution in [3.05, 3.63) is 87.7 Å². The van der Waals surface area contributed by atoms with Gasteiger partial charge in [0.25, 0.3) is 5.91 Å². The number of benzene rings is 2. The second kappa shape index (κ2) is 8.62. The molecule has 1 aliphatic rings. The molecule has 0 bridgehead atoms. The summed E-state index contributed by atoms with van der Waals surface area (Å²) >= 11 is 6.64. The van der Waals surface area contributed by atoms with Crippen molar-refractivity contribution in [2.75, 3.05) is 13.1 Å². The number of aryl methyl sites for hydroxylation is 2. The van der Waals surface area contributed by atoms with Gasteiger partial charge in [-0.3, -0.25) is 4.79 Å². The number of hydrogen-bond acceptors (Lipinski definition) is 3. The van der Waals surface area contributed by atoms with Gasteiger partial charge in [0.1, 0.15) is 11.3 Å². The Labute approximate surface area is 182 Å². The third kappa shape index (κ3) is 4.27. The van der Waals surface area contributed by atoms with Gasteiger partial charge in [0.15, 0.2) is 0 Å². The number of hydrogen-bond donors (Lipinski definition) is 0. The summed E-state index contributed by atoms with van der Waals surface area (Å²) in [5.74, 6) is -0.0938. The predicted molar refractivity (Wildman–Crippen MR) is 118 cm³/mol. The normalized spacial score (nSPS) is 19.1. The zero-order valence-electron chi connectivity index (χ0n) is 17.5. The van der Waals surface area contributed by atoms with Crippen LogP contribution in [0, 0.1) is 13.8 Å². The first-order valence-electron chi connectivity index (χ1n) is 10.2. The molecule has 0 spiro atoms. The van der Waals surface area contributed by atoms with Crippen LogP contribution < -0.4 is 0 Å². The zero-order chi connectivity index (χ0) is 21.3. The summed E-state index contributed by atoms with van der Waals surface area (Å²) in [6.07, 6.45) is -0.213. The highest BCUT2D eigenvalue weighted by Gasteiger charge is 2.32. The highest BCUT2D eigenvalue weighted by atomic mass is 35.5. The Morgan fingerprint density at radius 2 is 1.80 bits per heavy atom. The minimum atomic E-state index is -0.152. The topological polar surface area (TPSA) is 47.4 Å². The van der Waals surface area contributed by atoms with Gasteiger partial charge in [-0.05, 0) is 31.9 Å². The Kier molecular flexibility index (Phi) is 5.93. The molecule has 2 aromatic carbocycles. The molecule has 0 radical (unpaired) electrons. The SMILES string of the molecule is Cc1ccc(Cn2nc(C)c(C(=O)N3CC(C)OC(c4ccccc4)C3)c2Cl)cc1. The molecule has 1 aliphatic heterocycles. The quantitative estimate of drug-likeness (QED) is 0.605. The summed E-state index contributed by atoms with van der Waals surface area (Å²) < 4.78 is 7.80. The van der Waals surface area contributed by atoms with E-state index in [4.69, 9.17) is 16.3 Å². The maximum absolute atomic E-state index is 13.4. The van der Waals surface area contributed by atoms with E-state index in [1.807, 2.05) is 49.1 Å². The number of carbonyl (C=O) groups excluding carboxylic acids is 1. The van der Waals surface area contributed by atoms with Crippen LogP contribution in [-0.4, -0.2) is 39.8 Å². The fourth-order valence-corrected chi connectivity index (χ4v) is 4.21. The highest BCUT2D eigenvalue weighted by molar-refractivity contribution is 6.33. The lowest BCUT2D eigenvalue weighted by atomic mass is 10.1. The predicted octanol–water partition coefficient (Wildman–Crippen LogP) is 4.80. The van der Waals surface area contributed by atoms with Gasteiger partial charge in [-0.2, -0.15) is 5.10 Å². The first-order chi connectivity index (χ1) is 14.4. The van der Waals surface area contributed by atoms with Crippen LogP contribution in [0.15, 0.2) is 54.6 Å². The number of aromatic nitrogens is 2. The smallest absolute Gasteiger partial charge is 0.259 e. The molecule has 30 heavy (non-hydrogen) atoms. The lowest BCUT2D eigenvalue weighted by molar-refractivity contribution is -0.0691. The van der Waals surface area contributed by atoms with Gasteiger partial charge in [0.05, 0.1) is 30.5 Å². The Bertz CT molecular complexity index is 1030. The van der Waals surface area contributed by atoms with Crippen LogP contribution >= 0.6 is 11.6 Å². The second-order valence-corrected chi connectivity index (χ2v) is 8.31. The Morgan fingerprint density at radius 1 is 1.10 bits per heavy atom. The number of nitrogens with zero attached hydrogens (tertiary/aromatic N) is 3. The molecule has 5 nitrogen and oxygen atoms in total. The lowest BCUT2D eigenvalue weighted by Gasteiger charge is -2.37. The van der Waals surface area contributed by atoms with Crippen molar-refractivity contribution in [3.63, 3.8) is 0 Å². The minimum absolute atomic E-state index is 0.0606. The summed E-state index contributed by atoms with van der Waals surface area (Å²) in [4.78, 5) is 15.2. The van der Waals surface area contributed by atoms with Gasteiger partial charge < -0.3 is 9.64 Å². The maximum Gasteiger partial charge on any atom is 0.259 e. The minimum Gasteiger partial charge on any atom is -0.367 e. The molecule has 1 saturated heterocycles. The van der Waals surface area contributed by atoms with Crippen molar-refractivity contribution in [2.24, 2.45) is 0 Å². The van der Waals surface area contributed by atoms with Crippen molar-refractivity contribution in [1.29, 1.82) is 0 Å².